The number of nitrogens with zero attached hydrogens (tertiary/aromatic N) is 1. The molecule has 140 valence electrons. The normalized spacial score (nSPS) is 12.5. The van der Waals surface area contributed by atoms with Crippen LogP contribution in [-0.4, -0.2) is 40.8 Å². The van der Waals surface area contributed by atoms with Crippen LogP contribution in [0.5, 0.6) is 0 Å². The van der Waals surface area contributed by atoms with Crippen LogP contribution in [0.3, 0.4) is 0 Å². The van der Waals surface area contributed by atoms with E-state index in [1.165, 1.54) is 12.1 Å². The lowest BCUT2D eigenvalue weighted by Crippen LogP contribution is -2.32. The van der Waals surface area contributed by atoms with E-state index in [0.717, 1.165) is 17.8 Å². The number of halogens is 2. The minimum absolute atomic E-state index is 0.0132. The Kier molecular flexibility index (Phi) is 6.61. The quantitative estimate of drug-likeness (QED) is 0.575. The molecule has 2 aromatic rings. The molecular formula is C18H20ClFN2O3S. The maximum atomic E-state index is 13.1. The van der Waals surface area contributed by atoms with Crippen LogP contribution in [-0.2, 0) is 14.6 Å². The van der Waals surface area contributed by atoms with Gasteiger partial charge in [-0.1, -0.05) is 12.1 Å². The first kappa shape index (κ1) is 20.2. The first-order valence-corrected chi connectivity index (χ1v) is 9.93. The standard InChI is InChI=1S/C18H20ClFN2O3S/c1-22(2)15-7-3-13(4-8-15)17(12-21-18(23)11-19)26(24,25)16-9-5-14(20)6-10-16/h3-10,17H,11-12H2,1-2H3,(H,21,23)/t17-/m0/s1. The third-order valence-electron chi connectivity index (χ3n) is 3.90. The van der Waals surface area contributed by atoms with Gasteiger partial charge in [-0.05, 0) is 42.0 Å². The number of nitrogens with one attached hydrogen (secondary N) is 1. The Morgan fingerprint density at radius 1 is 1.12 bits per heavy atom. The van der Waals surface area contributed by atoms with E-state index in [2.05, 4.69) is 5.32 Å². The number of amides is 1. The number of hydrogen-bond acceptors (Lipinski definition) is 4. The van der Waals surface area contributed by atoms with Crippen molar-refractivity contribution < 1.29 is 17.6 Å². The molecule has 0 aliphatic heterocycles. The second-order valence-electron chi connectivity index (χ2n) is 5.91. The van der Waals surface area contributed by atoms with Gasteiger partial charge in [-0.3, -0.25) is 4.79 Å². The van der Waals surface area contributed by atoms with Crippen LogP contribution in [0.25, 0.3) is 0 Å². The number of alkyl halides is 1. The molecule has 8 heteroatoms. The highest BCUT2D eigenvalue weighted by molar-refractivity contribution is 7.91. The van der Waals surface area contributed by atoms with E-state index in [9.17, 15) is 17.6 Å². The summed E-state index contributed by atoms with van der Waals surface area (Å²) in [6.45, 7) is -0.132. The molecule has 5 nitrogen and oxygen atoms in total. The number of hydrogen-bond donors (Lipinski definition) is 1. The van der Waals surface area contributed by atoms with Crippen LogP contribution >= 0.6 is 11.6 Å². The van der Waals surface area contributed by atoms with E-state index in [1.54, 1.807) is 24.3 Å². The Hall–Kier alpha value is -2.12. The highest BCUT2D eigenvalue weighted by Gasteiger charge is 2.29. The first-order chi connectivity index (χ1) is 12.3. The van der Waals surface area contributed by atoms with Crippen molar-refractivity contribution in [3.05, 3.63) is 59.9 Å². The Balaban J connectivity index is 2.42. The van der Waals surface area contributed by atoms with E-state index in [1.807, 2.05) is 19.0 Å². The zero-order chi connectivity index (χ0) is 19.3. The predicted octanol–water partition coefficient (Wildman–Crippen LogP) is 2.76. The molecule has 0 bridgehead atoms. The van der Waals surface area contributed by atoms with E-state index in [4.69, 9.17) is 11.6 Å². The van der Waals surface area contributed by atoms with Crippen molar-refractivity contribution >= 4 is 33.0 Å². The van der Waals surface area contributed by atoms with Crippen LogP contribution in [0.1, 0.15) is 10.8 Å². The molecular weight excluding hydrogens is 379 g/mol. The van der Waals surface area contributed by atoms with E-state index in [-0.39, 0.29) is 17.3 Å². The third-order valence-corrected chi connectivity index (χ3v) is 6.26. The fourth-order valence-corrected chi connectivity index (χ4v) is 4.19. The smallest absolute Gasteiger partial charge is 0.234 e. The van der Waals surface area contributed by atoms with Crippen LogP contribution in [0.15, 0.2) is 53.4 Å². The van der Waals surface area contributed by atoms with E-state index < -0.39 is 26.8 Å². The molecule has 0 aliphatic carbocycles. The number of carbonyl (C=O) groups is 1. The van der Waals surface area contributed by atoms with Gasteiger partial charge in [0, 0.05) is 26.3 Å². The summed E-state index contributed by atoms with van der Waals surface area (Å²) in [6.07, 6.45) is 0. The van der Waals surface area contributed by atoms with Gasteiger partial charge in [0.1, 0.15) is 16.9 Å². The fourth-order valence-electron chi connectivity index (χ4n) is 2.44. The van der Waals surface area contributed by atoms with Crippen molar-refractivity contribution in [3.63, 3.8) is 0 Å². The Morgan fingerprint density at radius 3 is 2.19 bits per heavy atom. The summed E-state index contributed by atoms with van der Waals surface area (Å²) >= 11 is 5.48. The highest BCUT2D eigenvalue weighted by atomic mass is 35.5. The fraction of sp³-hybridized carbons (Fsp3) is 0.278. The highest BCUT2D eigenvalue weighted by Crippen LogP contribution is 2.30. The summed E-state index contributed by atoms with van der Waals surface area (Å²) < 4.78 is 39.2. The SMILES string of the molecule is CN(C)c1ccc([C@H](CNC(=O)CCl)S(=O)(=O)c2ccc(F)cc2)cc1. The Bertz CT molecular complexity index is 853. The van der Waals surface area contributed by atoms with Gasteiger partial charge in [-0.2, -0.15) is 0 Å². The summed E-state index contributed by atoms with van der Waals surface area (Å²) in [5, 5.41) is 1.50. The molecule has 26 heavy (non-hydrogen) atoms. The largest absolute Gasteiger partial charge is 0.378 e. The predicted molar refractivity (Wildman–Crippen MR) is 101 cm³/mol. The molecule has 1 atom stereocenters. The van der Waals surface area contributed by atoms with Crippen molar-refractivity contribution in [2.45, 2.75) is 10.1 Å². The molecule has 1 N–H and O–H groups in total. The molecule has 0 heterocycles. The number of rotatable bonds is 7. The summed E-state index contributed by atoms with van der Waals surface area (Å²) in [5.41, 5.74) is 1.44. The number of benzene rings is 2. The van der Waals surface area contributed by atoms with Crippen molar-refractivity contribution in [3.8, 4) is 0 Å². The van der Waals surface area contributed by atoms with Gasteiger partial charge in [-0.15, -0.1) is 11.6 Å². The van der Waals surface area contributed by atoms with Crippen molar-refractivity contribution in [1.82, 2.24) is 5.32 Å². The maximum Gasteiger partial charge on any atom is 0.234 e. The van der Waals surface area contributed by atoms with Gasteiger partial charge in [-0.25, -0.2) is 12.8 Å². The van der Waals surface area contributed by atoms with Gasteiger partial charge in [0.25, 0.3) is 0 Å². The molecule has 0 saturated carbocycles. The molecule has 0 aliphatic rings. The molecule has 2 rings (SSSR count). The zero-order valence-electron chi connectivity index (χ0n) is 14.4. The molecule has 2 aromatic carbocycles. The molecule has 0 saturated heterocycles. The lowest BCUT2D eigenvalue weighted by Gasteiger charge is -2.20. The van der Waals surface area contributed by atoms with Crippen molar-refractivity contribution in [1.29, 1.82) is 0 Å². The van der Waals surface area contributed by atoms with E-state index in [0.29, 0.717) is 5.56 Å². The average Bonchev–Trinajstić information content (AvgIpc) is 2.62. The second-order valence-corrected chi connectivity index (χ2v) is 8.31. The maximum absolute atomic E-state index is 13.1. The Morgan fingerprint density at radius 2 is 1.69 bits per heavy atom. The van der Waals surface area contributed by atoms with Crippen LogP contribution in [0, 0.1) is 5.82 Å². The summed E-state index contributed by atoms with van der Waals surface area (Å²) in [4.78, 5) is 13.4. The Labute approximate surface area is 157 Å². The minimum Gasteiger partial charge on any atom is -0.378 e. The van der Waals surface area contributed by atoms with Gasteiger partial charge in [0.2, 0.25) is 5.91 Å². The average molecular weight is 399 g/mol. The van der Waals surface area contributed by atoms with Gasteiger partial charge < -0.3 is 10.2 Å². The van der Waals surface area contributed by atoms with Crippen LogP contribution in [0.2, 0.25) is 0 Å². The van der Waals surface area contributed by atoms with Gasteiger partial charge >= 0.3 is 0 Å². The van der Waals surface area contributed by atoms with Crippen LogP contribution < -0.4 is 10.2 Å². The lowest BCUT2D eigenvalue weighted by atomic mass is 10.1. The van der Waals surface area contributed by atoms with E-state index >= 15 is 0 Å². The topological polar surface area (TPSA) is 66.5 Å². The summed E-state index contributed by atoms with van der Waals surface area (Å²) in [7, 11) is -0.0911. The molecule has 0 aromatic heterocycles. The molecule has 0 spiro atoms. The second kappa shape index (κ2) is 8.51. The molecule has 0 fully saturated rings. The number of sulfone groups is 1. The van der Waals surface area contributed by atoms with Gasteiger partial charge in [0.05, 0.1) is 4.90 Å². The zero-order valence-corrected chi connectivity index (χ0v) is 16.0. The number of anilines is 1. The summed E-state index contributed by atoms with van der Waals surface area (Å²) in [6, 6.07) is 11.6. The van der Waals surface area contributed by atoms with Crippen molar-refractivity contribution in [2.24, 2.45) is 0 Å². The molecule has 0 radical (unpaired) electrons. The molecule has 1 amide bonds. The van der Waals surface area contributed by atoms with Crippen molar-refractivity contribution in [2.75, 3.05) is 31.4 Å². The first-order valence-electron chi connectivity index (χ1n) is 7.85. The third kappa shape index (κ3) is 4.74. The number of carbonyl (C=O) groups excluding carboxylic acids is 1. The molecule has 0 unspecified atom stereocenters. The monoisotopic (exact) mass is 398 g/mol. The van der Waals surface area contributed by atoms with Gasteiger partial charge in [0.15, 0.2) is 9.84 Å². The lowest BCUT2D eigenvalue weighted by molar-refractivity contribution is -0.118. The summed E-state index contributed by atoms with van der Waals surface area (Å²) in [5.74, 6) is -1.25. The van der Waals surface area contributed by atoms with Crippen LogP contribution in [0.4, 0.5) is 10.1 Å². The minimum atomic E-state index is -3.85.